The molecule has 0 spiro atoms. The van der Waals surface area contributed by atoms with E-state index < -0.39 is 68.0 Å². The highest BCUT2D eigenvalue weighted by Gasteiger charge is 2.50. The van der Waals surface area contributed by atoms with E-state index in [-0.39, 0.29) is 19.4 Å². The first-order chi connectivity index (χ1) is 26.4. The summed E-state index contributed by atoms with van der Waals surface area (Å²) in [7, 11) is 0. The fourth-order valence-corrected chi connectivity index (χ4v) is 8.33. The maximum atomic E-state index is 12.8. The second-order valence-corrected chi connectivity index (χ2v) is 18.4. The maximum absolute atomic E-state index is 12.8. The molecule has 0 amide bonds. The van der Waals surface area contributed by atoms with Crippen LogP contribution in [-0.2, 0) is 39.9 Å². The van der Waals surface area contributed by atoms with Crippen molar-refractivity contribution in [1.29, 1.82) is 0 Å². The summed E-state index contributed by atoms with van der Waals surface area (Å²) in [5.74, 6) is -0.968. The van der Waals surface area contributed by atoms with E-state index in [1.165, 1.54) is 116 Å². The molecule has 0 radical (unpaired) electrons. The Morgan fingerprint density at radius 2 is 0.836 bits per heavy atom. The molecule has 1 rings (SSSR count). The van der Waals surface area contributed by atoms with Gasteiger partial charge in [-0.05, 0) is 24.6 Å². The van der Waals surface area contributed by atoms with E-state index in [0.29, 0.717) is 12.8 Å². The van der Waals surface area contributed by atoms with Crippen LogP contribution >= 0.6 is 6.72 Å². The molecule has 8 atom stereocenters. The second-order valence-electron chi connectivity index (χ2n) is 15.6. The van der Waals surface area contributed by atoms with Gasteiger partial charge in [-0.1, -0.05) is 168 Å². The average Bonchev–Trinajstić information content (AvgIpc) is 3.16. The summed E-state index contributed by atoms with van der Waals surface area (Å²) in [6, 6.07) is 0. The Hall–Kier alpha value is -0.730. The SMILES string of the molecule is CCCCCCCCCCCCCCCC(=O)OCC(COP(O)(=S)OC1[C@H](O)[C@H](O)C(O)[C@H](O)[C@H]1O)OC(=O)CCCCCCCCCCCCCCC. The summed E-state index contributed by atoms with van der Waals surface area (Å²) in [5.41, 5.74) is 0. The fraction of sp³-hybridized carbons (Fsp3) is 0.951. The van der Waals surface area contributed by atoms with Crippen molar-refractivity contribution in [2.24, 2.45) is 0 Å². The van der Waals surface area contributed by atoms with Crippen LogP contribution in [0.2, 0.25) is 0 Å². The van der Waals surface area contributed by atoms with Crippen LogP contribution in [0, 0.1) is 0 Å². The van der Waals surface area contributed by atoms with Crippen molar-refractivity contribution in [3.8, 4) is 0 Å². The Kier molecular flexibility index (Phi) is 31.5. The van der Waals surface area contributed by atoms with Gasteiger partial charge in [0.25, 0.3) is 0 Å². The van der Waals surface area contributed by atoms with E-state index in [1.54, 1.807) is 0 Å². The molecule has 0 aliphatic heterocycles. The van der Waals surface area contributed by atoms with Crippen molar-refractivity contribution >= 4 is 30.5 Å². The molecule has 0 aromatic carbocycles. The lowest BCUT2D eigenvalue weighted by molar-refractivity contribution is -0.218. The Morgan fingerprint density at radius 3 is 1.22 bits per heavy atom. The van der Waals surface area contributed by atoms with Gasteiger partial charge >= 0.3 is 18.7 Å². The molecule has 4 unspecified atom stereocenters. The van der Waals surface area contributed by atoms with Gasteiger partial charge in [-0.3, -0.25) is 14.1 Å². The molecule has 0 aromatic rings. The molecular weight excluding hydrogens is 747 g/mol. The lowest BCUT2D eigenvalue weighted by Gasteiger charge is -2.42. The first-order valence-electron chi connectivity index (χ1n) is 21.8. The smallest absolute Gasteiger partial charge is 0.325 e. The minimum absolute atomic E-state index is 0.156. The van der Waals surface area contributed by atoms with E-state index in [4.69, 9.17) is 30.3 Å². The van der Waals surface area contributed by atoms with Crippen LogP contribution < -0.4 is 0 Å². The van der Waals surface area contributed by atoms with Gasteiger partial charge in [-0.25, -0.2) is 0 Å². The third kappa shape index (κ3) is 26.1. The molecule has 14 heteroatoms. The van der Waals surface area contributed by atoms with Gasteiger partial charge in [-0.2, -0.15) is 0 Å². The number of ether oxygens (including phenoxy) is 2. The molecule has 12 nitrogen and oxygen atoms in total. The number of hydrogen-bond acceptors (Lipinski definition) is 12. The molecule has 1 aliphatic carbocycles. The van der Waals surface area contributed by atoms with Crippen LogP contribution in [0.5, 0.6) is 0 Å². The van der Waals surface area contributed by atoms with Crippen molar-refractivity contribution in [1.82, 2.24) is 0 Å². The maximum Gasteiger partial charge on any atom is 0.325 e. The highest BCUT2D eigenvalue weighted by molar-refractivity contribution is 8.07. The van der Waals surface area contributed by atoms with Gasteiger partial charge < -0.3 is 44.4 Å². The Bertz CT molecular complexity index is 990. The molecule has 1 aliphatic rings. The van der Waals surface area contributed by atoms with E-state index in [9.17, 15) is 40.0 Å². The van der Waals surface area contributed by atoms with Crippen molar-refractivity contribution in [3.63, 3.8) is 0 Å². The van der Waals surface area contributed by atoms with Crippen LogP contribution in [0.1, 0.15) is 194 Å². The molecule has 0 aromatic heterocycles. The van der Waals surface area contributed by atoms with Gasteiger partial charge in [-0.15, -0.1) is 0 Å². The largest absolute Gasteiger partial charge is 0.462 e. The predicted molar refractivity (Wildman–Crippen MR) is 219 cm³/mol. The average molecular weight is 827 g/mol. The fourth-order valence-electron chi connectivity index (χ4n) is 6.88. The lowest BCUT2D eigenvalue weighted by atomic mass is 9.85. The summed E-state index contributed by atoms with van der Waals surface area (Å²) in [5, 5.41) is 50.4. The minimum Gasteiger partial charge on any atom is -0.462 e. The number of carbonyl (C=O) groups is 2. The van der Waals surface area contributed by atoms with Gasteiger partial charge in [0.2, 0.25) is 0 Å². The second kappa shape index (κ2) is 33.1. The molecule has 326 valence electrons. The van der Waals surface area contributed by atoms with E-state index >= 15 is 0 Å². The monoisotopic (exact) mass is 827 g/mol. The molecular formula is C41H79O12PS. The summed E-state index contributed by atoms with van der Waals surface area (Å²) in [6.45, 7) is -0.662. The zero-order chi connectivity index (χ0) is 40.7. The highest BCUT2D eigenvalue weighted by atomic mass is 32.5. The van der Waals surface area contributed by atoms with Crippen molar-refractivity contribution < 1.29 is 58.5 Å². The predicted octanol–water partition coefficient (Wildman–Crippen LogP) is 7.84. The topological polar surface area (TPSA) is 192 Å². The number of aliphatic hydroxyl groups is 5. The van der Waals surface area contributed by atoms with Crippen LogP contribution in [-0.4, -0.2) is 98.3 Å². The van der Waals surface area contributed by atoms with Gasteiger partial charge in [0.15, 0.2) is 6.10 Å². The zero-order valence-electron chi connectivity index (χ0n) is 34.2. The number of unbranched alkanes of at least 4 members (excludes halogenated alkanes) is 24. The number of carbonyl (C=O) groups excluding carboxylic acids is 2. The minimum atomic E-state index is -4.27. The molecule has 1 fully saturated rings. The van der Waals surface area contributed by atoms with E-state index in [2.05, 4.69) is 13.8 Å². The Labute approximate surface area is 337 Å². The quantitative estimate of drug-likeness (QED) is 0.0204. The van der Waals surface area contributed by atoms with Crippen molar-refractivity contribution in [2.45, 2.75) is 236 Å². The highest BCUT2D eigenvalue weighted by Crippen LogP contribution is 2.47. The zero-order valence-corrected chi connectivity index (χ0v) is 36.0. The summed E-state index contributed by atoms with van der Waals surface area (Å²) >= 11 is 5.04. The standard InChI is InChI=1S/C41H79O12PS/c1-3-5-7-9-11-13-15-17-19-21-23-25-27-29-34(42)50-31-33(32-51-54(49,55)53-41-39(47)37(45)36(44)38(46)40(41)48)52-35(43)30-28-26-24-22-20-18-16-14-12-10-8-6-4-2/h33,36-41,44-48H,3-32H2,1-2H3,(H,49,55)/t33?,36?,37-,38+,39-,40-,41?,54?/m1/s1. The lowest BCUT2D eigenvalue weighted by Crippen LogP contribution is -2.64. The number of esters is 2. The molecule has 0 bridgehead atoms. The van der Waals surface area contributed by atoms with Crippen LogP contribution in [0.3, 0.4) is 0 Å². The molecule has 55 heavy (non-hydrogen) atoms. The van der Waals surface area contributed by atoms with Crippen LogP contribution in [0.4, 0.5) is 0 Å². The third-order valence-electron chi connectivity index (χ3n) is 10.4. The van der Waals surface area contributed by atoms with E-state index in [0.717, 1.165) is 38.5 Å². The van der Waals surface area contributed by atoms with Crippen molar-refractivity contribution in [3.05, 3.63) is 0 Å². The number of rotatable bonds is 36. The number of aliphatic hydroxyl groups excluding tert-OH is 5. The van der Waals surface area contributed by atoms with Gasteiger partial charge in [0, 0.05) is 12.8 Å². The van der Waals surface area contributed by atoms with Crippen LogP contribution in [0.15, 0.2) is 0 Å². The molecule has 6 N–H and O–H groups in total. The summed E-state index contributed by atoms with van der Waals surface area (Å²) in [6.07, 6.45) is 18.7. The van der Waals surface area contributed by atoms with E-state index in [1.807, 2.05) is 0 Å². The van der Waals surface area contributed by atoms with Gasteiger partial charge in [0.1, 0.15) is 43.2 Å². The summed E-state index contributed by atoms with van der Waals surface area (Å²) in [4.78, 5) is 36.0. The van der Waals surface area contributed by atoms with Crippen LogP contribution in [0.25, 0.3) is 0 Å². The normalized spacial score (nSPS) is 23.0. The first kappa shape index (κ1) is 52.3. The molecule has 1 saturated carbocycles. The molecule has 0 saturated heterocycles. The number of hydrogen-bond donors (Lipinski definition) is 6. The Morgan fingerprint density at radius 1 is 0.509 bits per heavy atom. The molecule has 0 heterocycles. The van der Waals surface area contributed by atoms with Gasteiger partial charge in [0.05, 0.1) is 6.61 Å². The first-order valence-corrected chi connectivity index (χ1v) is 24.4. The third-order valence-corrected chi connectivity index (χ3v) is 12.0. The summed E-state index contributed by atoms with van der Waals surface area (Å²) < 4.78 is 21.6. The Balaban J connectivity index is 2.48. The van der Waals surface area contributed by atoms with Crippen molar-refractivity contribution in [2.75, 3.05) is 13.2 Å².